The van der Waals surface area contributed by atoms with E-state index in [1.807, 2.05) is 0 Å². The molecule has 2 N–H and O–H groups in total. The molecule has 0 spiro atoms. The molecule has 0 unspecified atom stereocenters. The van der Waals surface area contributed by atoms with Gasteiger partial charge in [-0.2, -0.15) is 0 Å². The zero-order valence-electron chi connectivity index (χ0n) is 10.2. The Hall–Kier alpha value is -1.16. The van der Waals surface area contributed by atoms with Gasteiger partial charge in [-0.25, -0.2) is 9.37 Å². The van der Waals surface area contributed by atoms with Gasteiger partial charge in [0.25, 0.3) is 0 Å². The van der Waals surface area contributed by atoms with Crippen LogP contribution in [0.5, 0.6) is 0 Å². The van der Waals surface area contributed by atoms with Crippen molar-refractivity contribution in [1.82, 2.24) is 4.98 Å². The minimum absolute atomic E-state index is 0.0338. The van der Waals surface area contributed by atoms with E-state index < -0.39 is 0 Å². The van der Waals surface area contributed by atoms with E-state index >= 15 is 0 Å². The number of hydrogen-bond acceptors (Lipinski definition) is 3. The fraction of sp³-hybridized carbons (Fsp3) is 0.583. The van der Waals surface area contributed by atoms with Crippen LogP contribution in [-0.2, 0) is 0 Å². The summed E-state index contributed by atoms with van der Waals surface area (Å²) in [6, 6.07) is 3.13. The predicted molar refractivity (Wildman–Crippen MR) is 64.9 cm³/mol. The predicted octanol–water partition coefficient (Wildman–Crippen LogP) is 2.03. The molecule has 16 heavy (non-hydrogen) atoms. The van der Waals surface area contributed by atoms with Crippen LogP contribution < -0.4 is 10.6 Å². The molecule has 0 aromatic carbocycles. The monoisotopic (exact) mass is 225 g/mol. The van der Waals surface area contributed by atoms with Crippen LogP contribution in [0.25, 0.3) is 0 Å². The van der Waals surface area contributed by atoms with E-state index in [0.29, 0.717) is 6.54 Å². The topological polar surface area (TPSA) is 42.1 Å². The van der Waals surface area contributed by atoms with E-state index in [0.717, 1.165) is 18.9 Å². The number of aromatic nitrogens is 1. The van der Waals surface area contributed by atoms with E-state index in [2.05, 4.69) is 30.7 Å². The SMILES string of the molecule is CCN(CC(C)(C)CN)c1ccc(F)cn1. The van der Waals surface area contributed by atoms with Gasteiger partial charge in [0, 0.05) is 13.1 Å². The number of nitrogens with zero attached hydrogens (tertiary/aromatic N) is 2. The van der Waals surface area contributed by atoms with Crippen molar-refractivity contribution in [2.24, 2.45) is 11.1 Å². The molecule has 0 amide bonds. The van der Waals surface area contributed by atoms with Crippen molar-refractivity contribution in [3.05, 3.63) is 24.1 Å². The molecule has 0 aliphatic heterocycles. The molecule has 0 radical (unpaired) electrons. The highest BCUT2D eigenvalue weighted by Crippen LogP contribution is 2.19. The summed E-state index contributed by atoms with van der Waals surface area (Å²) in [6.07, 6.45) is 1.24. The van der Waals surface area contributed by atoms with Crippen molar-refractivity contribution < 1.29 is 4.39 Å². The van der Waals surface area contributed by atoms with Gasteiger partial charge in [-0.1, -0.05) is 13.8 Å². The first-order valence-corrected chi connectivity index (χ1v) is 5.55. The van der Waals surface area contributed by atoms with Crippen molar-refractivity contribution >= 4 is 5.82 Å². The number of nitrogens with two attached hydrogens (primary N) is 1. The smallest absolute Gasteiger partial charge is 0.141 e. The van der Waals surface area contributed by atoms with Crippen LogP contribution >= 0.6 is 0 Å². The summed E-state index contributed by atoms with van der Waals surface area (Å²) in [7, 11) is 0. The van der Waals surface area contributed by atoms with Gasteiger partial charge in [0.2, 0.25) is 0 Å². The number of anilines is 1. The highest BCUT2D eigenvalue weighted by atomic mass is 19.1. The van der Waals surface area contributed by atoms with Crippen LogP contribution in [0.4, 0.5) is 10.2 Å². The Kier molecular flexibility index (Phi) is 4.24. The third-order valence-electron chi connectivity index (χ3n) is 2.59. The third kappa shape index (κ3) is 3.45. The van der Waals surface area contributed by atoms with Crippen LogP contribution in [0.1, 0.15) is 20.8 Å². The van der Waals surface area contributed by atoms with Crippen LogP contribution in [-0.4, -0.2) is 24.6 Å². The normalized spacial score (nSPS) is 11.6. The first kappa shape index (κ1) is 12.9. The summed E-state index contributed by atoms with van der Waals surface area (Å²) >= 11 is 0. The summed E-state index contributed by atoms with van der Waals surface area (Å²) in [4.78, 5) is 6.18. The Morgan fingerprint density at radius 3 is 2.56 bits per heavy atom. The Morgan fingerprint density at radius 1 is 1.44 bits per heavy atom. The van der Waals surface area contributed by atoms with Gasteiger partial charge < -0.3 is 10.6 Å². The second-order valence-electron chi connectivity index (χ2n) is 4.72. The zero-order valence-corrected chi connectivity index (χ0v) is 10.2. The molecule has 0 fully saturated rings. The van der Waals surface area contributed by atoms with Crippen LogP contribution in [0, 0.1) is 11.2 Å². The Morgan fingerprint density at radius 2 is 2.12 bits per heavy atom. The number of pyridine rings is 1. The van der Waals surface area contributed by atoms with Crippen molar-refractivity contribution in [1.29, 1.82) is 0 Å². The Labute approximate surface area is 96.5 Å². The van der Waals surface area contributed by atoms with Crippen molar-refractivity contribution in [2.75, 3.05) is 24.5 Å². The molecule has 0 saturated heterocycles. The fourth-order valence-corrected chi connectivity index (χ4v) is 1.49. The third-order valence-corrected chi connectivity index (χ3v) is 2.59. The molecule has 1 heterocycles. The van der Waals surface area contributed by atoms with Gasteiger partial charge in [0.15, 0.2) is 0 Å². The quantitative estimate of drug-likeness (QED) is 0.833. The fourth-order valence-electron chi connectivity index (χ4n) is 1.49. The van der Waals surface area contributed by atoms with Crippen LogP contribution in [0.2, 0.25) is 0 Å². The number of hydrogen-bond donors (Lipinski definition) is 1. The molecule has 1 aromatic heterocycles. The summed E-state index contributed by atoms with van der Waals surface area (Å²) in [5, 5.41) is 0. The van der Waals surface area contributed by atoms with Gasteiger partial charge in [0.05, 0.1) is 6.20 Å². The lowest BCUT2D eigenvalue weighted by Crippen LogP contribution is -2.39. The first-order valence-electron chi connectivity index (χ1n) is 5.55. The molecule has 90 valence electrons. The molecular formula is C12H20FN3. The molecule has 0 saturated carbocycles. The molecular weight excluding hydrogens is 205 g/mol. The van der Waals surface area contributed by atoms with E-state index in [-0.39, 0.29) is 11.2 Å². The first-order chi connectivity index (χ1) is 7.48. The highest BCUT2D eigenvalue weighted by molar-refractivity contribution is 5.38. The van der Waals surface area contributed by atoms with E-state index in [1.54, 1.807) is 6.07 Å². The lowest BCUT2D eigenvalue weighted by molar-refractivity contribution is 0.378. The molecule has 3 nitrogen and oxygen atoms in total. The molecule has 0 aliphatic carbocycles. The van der Waals surface area contributed by atoms with Gasteiger partial charge >= 0.3 is 0 Å². The molecule has 0 bridgehead atoms. The maximum absolute atomic E-state index is 12.8. The largest absolute Gasteiger partial charge is 0.356 e. The lowest BCUT2D eigenvalue weighted by atomic mass is 9.93. The van der Waals surface area contributed by atoms with Crippen molar-refractivity contribution in [2.45, 2.75) is 20.8 Å². The Balaban J connectivity index is 2.78. The number of halogens is 1. The number of rotatable bonds is 5. The lowest BCUT2D eigenvalue weighted by Gasteiger charge is -2.31. The molecule has 1 rings (SSSR count). The average Bonchev–Trinajstić information content (AvgIpc) is 2.27. The minimum atomic E-state index is -0.308. The average molecular weight is 225 g/mol. The summed E-state index contributed by atoms with van der Waals surface area (Å²) in [5.74, 6) is 0.489. The second-order valence-corrected chi connectivity index (χ2v) is 4.72. The summed E-state index contributed by atoms with van der Waals surface area (Å²) in [6.45, 7) is 8.54. The van der Waals surface area contributed by atoms with Gasteiger partial charge in [-0.15, -0.1) is 0 Å². The molecule has 0 atom stereocenters. The molecule has 0 aliphatic rings. The standard InChI is InChI=1S/C12H20FN3/c1-4-16(9-12(2,3)8-14)11-6-5-10(13)7-15-11/h5-7H,4,8-9,14H2,1-3H3. The molecule has 1 aromatic rings. The van der Waals surface area contributed by atoms with Crippen LogP contribution in [0.3, 0.4) is 0 Å². The minimum Gasteiger partial charge on any atom is -0.356 e. The van der Waals surface area contributed by atoms with Gasteiger partial charge in [-0.05, 0) is 31.0 Å². The maximum Gasteiger partial charge on any atom is 0.141 e. The van der Waals surface area contributed by atoms with Crippen molar-refractivity contribution in [3.8, 4) is 0 Å². The van der Waals surface area contributed by atoms with Gasteiger partial charge in [0.1, 0.15) is 11.6 Å². The van der Waals surface area contributed by atoms with Gasteiger partial charge in [-0.3, -0.25) is 0 Å². The van der Waals surface area contributed by atoms with E-state index in [4.69, 9.17) is 5.73 Å². The zero-order chi connectivity index (χ0) is 12.2. The maximum atomic E-state index is 12.8. The van der Waals surface area contributed by atoms with Crippen molar-refractivity contribution in [3.63, 3.8) is 0 Å². The second kappa shape index (κ2) is 5.25. The van der Waals surface area contributed by atoms with Crippen LogP contribution in [0.15, 0.2) is 18.3 Å². The summed E-state index contributed by atoms with van der Waals surface area (Å²) in [5.41, 5.74) is 5.74. The van der Waals surface area contributed by atoms with E-state index in [1.165, 1.54) is 12.3 Å². The summed E-state index contributed by atoms with van der Waals surface area (Å²) < 4.78 is 12.8. The highest BCUT2D eigenvalue weighted by Gasteiger charge is 2.20. The van der Waals surface area contributed by atoms with E-state index in [9.17, 15) is 4.39 Å². The Bertz CT molecular complexity index is 322. The molecule has 4 heteroatoms.